The molecule has 1 aliphatic rings. The molecule has 0 saturated carbocycles. The van der Waals surface area contributed by atoms with Gasteiger partial charge in [0.15, 0.2) is 0 Å². The lowest BCUT2D eigenvalue weighted by molar-refractivity contribution is 0.620. The smallest absolute Gasteiger partial charge is 0.140 e. The van der Waals surface area contributed by atoms with Gasteiger partial charge in [0, 0.05) is 38.7 Å². The van der Waals surface area contributed by atoms with Gasteiger partial charge >= 0.3 is 0 Å². The van der Waals surface area contributed by atoms with Crippen molar-refractivity contribution in [2.75, 3.05) is 4.90 Å². The fourth-order valence-corrected chi connectivity index (χ4v) is 6.72. The standard InChI is InChI=1S/C39H29NO/c1-39(2)33-17-11-18-34(36(33)32-25-24-31-30-16-9-10-19-35(30)41-38(31)37(32)39)40(28-14-7-4-8-15-28)29-22-20-27(21-23-29)26-12-5-3-6-13-26/h3-25H,1-2H3. The summed E-state index contributed by atoms with van der Waals surface area (Å²) in [6, 6.07) is 49.8. The number of nitrogens with zero attached hydrogens (tertiary/aromatic N) is 1. The second-order valence-electron chi connectivity index (χ2n) is 11.4. The fraction of sp³-hybridized carbons (Fsp3) is 0.0769. The Hall–Kier alpha value is -5.08. The SMILES string of the molecule is CC1(C)c2cccc(N(c3ccccc3)c3ccc(-c4ccccc4)cc3)c2-c2ccc3c(oc4ccccc43)c21. The van der Waals surface area contributed by atoms with E-state index < -0.39 is 0 Å². The molecule has 41 heavy (non-hydrogen) atoms. The van der Waals surface area contributed by atoms with Gasteiger partial charge in [-0.3, -0.25) is 0 Å². The van der Waals surface area contributed by atoms with Crippen molar-refractivity contribution < 1.29 is 4.42 Å². The fourth-order valence-electron chi connectivity index (χ4n) is 6.72. The summed E-state index contributed by atoms with van der Waals surface area (Å²) in [7, 11) is 0. The highest BCUT2D eigenvalue weighted by molar-refractivity contribution is 6.10. The van der Waals surface area contributed by atoms with Crippen LogP contribution in [0.5, 0.6) is 0 Å². The zero-order chi connectivity index (χ0) is 27.6. The zero-order valence-corrected chi connectivity index (χ0v) is 23.1. The molecular formula is C39H29NO. The number of hydrogen-bond acceptors (Lipinski definition) is 2. The molecule has 0 atom stereocenters. The van der Waals surface area contributed by atoms with Gasteiger partial charge in [-0.25, -0.2) is 0 Å². The van der Waals surface area contributed by atoms with E-state index in [9.17, 15) is 0 Å². The summed E-state index contributed by atoms with van der Waals surface area (Å²) in [6.07, 6.45) is 0. The van der Waals surface area contributed by atoms with Crippen LogP contribution in [-0.2, 0) is 5.41 Å². The molecular weight excluding hydrogens is 498 g/mol. The molecule has 1 aromatic heterocycles. The minimum Gasteiger partial charge on any atom is -0.456 e. The van der Waals surface area contributed by atoms with Crippen molar-refractivity contribution in [3.05, 3.63) is 151 Å². The largest absolute Gasteiger partial charge is 0.456 e. The van der Waals surface area contributed by atoms with Crippen LogP contribution in [0.1, 0.15) is 25.0 Å². The van der Waals surface area contributed by atoms with Crippen molar-refractivity contribution in [1.29, 1.82) is 0 Å². The van der Waals surface area contributed by atoms with Gasteiger partial charge in [-0.05, 0) is 64.7 Å². The number of para-hydroxylation sites is 2. The molecule has 0 radical (unpaired) electrons. The Morgan fingerprint density at radius 1 is 0.537 bits per heavy atom. The Labute approximate surface area is 240 Å². The first-order valence-corrected chi connectivity index (χ1v) is 14.2. The van der Waals surface area contributed by atoms with E-state index in [4.69, 9.17) is 4.42 Å². The predicted octanol–water partition coefficient (Wildman–Crippen LogP) is 11.0. The number of furan rings is 1. The Bertz CT molecular complexity index is 2050. The summed E-state index contributed by atoms with van der Waals surface area (Å²) in [5, 5.41) is 2.35. The zero-order valence-electron chi connectivity index (χ0n) is 23.1. The Morgan fingerprint density at radius 3 is 1.98 bits per heavy atom. The highest BCUT2D eigenvalue weighted by Crippen LogP contribution is 2.56. The van der Waals surface area contributed by atoms with Crippen LogP contribution in [0.15, 0.2) is 144 Å². The number of fused-ring (bicyclic) bond motifs is 7. The maximum atomic E-state index is 6.57. The van der Waals surface area contributed by atoms with Gasteiger partial charge in [0.25, 0.3) is 0 Å². The molecule has 0 saturated heterocycles. The molecule has 0 amide bonds. The van der Waals surface area contributed by atoms with Crippen LogP contribution >= 0.6 is 0 Å². The molecule has 196 valence electrons. The van der Waals surface area contributed by atoms with E-state index in [1.54, 1.807) is 0 Å². The molecule has 1 aliphatic carbocycles. The number of rotatable bonds is 4. The molecule has 0 N–H and O–H groups in total. The van der Waals surface area contributed by atoms with E-state index in [1.807, 2.05) is 6.07 Å². The van der Waals surface area contributed by atoms with Crippen LogP contribution in [0.3, 0.4) is 0 Å². The monoisotopic (exact) mass is 527 g/mol. The van der Waals surface area contributed by atoms with E-state index in [0.29, 0.717) is 0 Å². The average molecular weight is 528 g/mol. The summed E-state index contributed by atoms with van der Waals surface area (Å²) in [5.41, 5.74) is 12.7. The third kappa shape index (κ3) is 3.57. The molecule has 0 fully saturated rings. The van der Waals surface area contributed by atoms with Crippen molar-refractivity contribution in [3.63, 3.8) is 0 Å². The van der Waals surface area contributed by atoms with Crippen molar-refractivity contribution in [2.45, 2.75) is 19.3 Å². The van der Waals surface area contributed by atoms with E-state index >= 15 is 0 Å². The lowest BCUT2D eigenvalue weighted by atomic mass is 9.81. The topological polar surface area (TPSA) is 16.4 Å². The van der Waals surface area contributed by atoms with Gasteiger partial charge in [-0.1, -0.05) is 111 Å². The van der Waals surface area contributed by atoms with Crippen LogP contribution < -0.4 is 4.90 Å². The van der Waals surface area contributed by atoms with Crippen molar-refractivity contribution >= 4 is 39.0 Å². The van der Waals surface area contributed by atoms with Crippen LogP contribution in [0.25, 0.3) is 44.2 Å². The second-order valence-corrected chi connectivity index (χ2v) is 11.4. The lowest BCUT2D eigenvalue weighted by Crippen LogP contribution is -2.16. The Balaban J connectivity index is 1.36. The number of anilines is 3. The number of benzene rings is 6. The molecule has 6 aromatic carbocycles. The molecule has 0 bridgehead atoms. The maximum Gasteiger partial charge on any atom is 0.140 e. The quantitative estimate of drug-likeness (QED) is 0.226. The maximum absolute atomic E-state index is 6.57. The summed E-state index contributed by atoms with van der Waals surface area (Å²) < 4.78 is 6.57. The van der Waals surface area contributed by atoms with E-state index in [2.05, 4.69) is 152 Å². The predicted molar refractivity (Wildman–Crippen MR) is 171 cm³/mol. The van der Waals surface area contributed by atoms with Gasteiger partial charge in [-0.2, -0.15) is 0 Å². The summed E-state index contributed by atoms with van der Waals surface area (Å²) in [4.78, 5) is 2.39. The highest BCUT2D eigenvalue weighted by Gasteiger charge is 2.40. The summed E-state index contributed by atoms with van der Waals surface area (Å²) in [5.74, 6) is 0. The van der Waals surface area contributed by atoms with Gasteiger partial charge in [0.1, 0.15) is 11.2 Å². The molecule has 1 heterocycles. The Morgan fingerprint density at radius 2 is 1.20 bits per heavy atom. The summed E-state index contributed by atoms with van der Waals surface area (Å²) >= 11 is 0. The molecule has 2 nitrogen and oxygen atoms in total. The van der Waals surface area contributed by atoms with Crippen molar-refractivity contribution in [1.82, 2.24) is 0 Å². The lowest BCUT2D eigenvalue weighted by Gasteiger charge is -2.29. The van der Waals surface area contributed by atoms with Crippen LogP contribution in [0.2, 0.25) is 0 Å². The van der Waals surface area contributed by atoms with Gasteiger partial charge in [0.05, 0.1) is 5.69 Å². The van der Waals surface area contributed by atoms with Gasteiger partial charge < -0.3 is 9.32 Å². The second kappa shape index (κ2) is 8.97. The highest BCUT2D eigenvalue weighted by atomic mass is 16.3. The van der Waals surface area contributed by atoms with Crippen molar-refractivity contribution in [3.8, 4) is 22.3 Å². The van der Waals surface area contributed by atoms with Gasteiger partial charge in [-0.15, -0.1) is 0 Å². The average Bonchev–Trinajstić information content (AvgIpc) is 3.51. The van der Waals surface area contributed by atoms with E-state index in [-0.39, 0.29) is 5.41 Å². The van der Waals surface area contributed by atoms with E-state index in [1.165, 1.54) is 49.8 Å². The van der Waals surface area contributed by atoms with Crippen molar-refractivity contribution in [2.24, 2.45) is 0 Å². The Kier molecular flexibility index (Phi) is 5.20. The molecule has 0 spiro atoms. The van der Waals surface area contributed by atoms with Crippen LogP contribution in [0.4, 0.5) is 17.1 Å². The van der Waals surface area contributed by atoms with Crippen LogP contribution in [-0.4, -0.2) is 0 Å². The normalized spacial score (nSPS) is 13.3. The minimum atomic E-state index is -0.215. The first-order chi connectivity index (χ1) is 20.1. The molecule has 2 heteroatoms. The first-order valence-electron chi connectivity index (χ1n) is 14.2. The van der Waals surface area contributed by atoms with Gasteiger partial charge in [0.2, 0.25) is 0 Å². The third-order valence-electron chi connectivity index (χ3n) is 8.65. The first kappa shape index (κ1) is 23.8. The minimum absolute atomic E-state index is 0.215. The number of hydrogen-bond donors (Lipinski definition) is 0. The van der Waals surface area contributed by atoms with Crippen LogP contribution in [0, 0.1) is 0 Å². The molecule has 0 aliphatic heterocycles. The molecule has 0 unspecified atom stereocenters. The molecule has 8 rings (SSSR count). The third-order valence-corrected chi connectivity index (χ3v) is 8.65. The van der Waals surface area contributed by atoms with E-state index in [0.717, 1.165) is 22.5 Å². The summed E-state index contributed by atoms with van der Waals surface area (Å²) in [6.45, 7) is 4.66. The molecule has 7 aromatic rings.